The molecule has 0 aliphatic rings. The number of aromatic nitrogens is 2. The number of hydrogen-bond donors (Lipinski definition) is 3. The van der Waals surface area contributed by atoms with E-state index in [1.165, 1.54) is 0 Å². The number of nitrogens with one attached hydrogen (secondary N) is 2. The number of aryl methyl sites for hydroxylation is 1. The molecule has 0 aliphatic carbocycles. The van der Waals surface area contributed by atoms with Crippen molar-refractivity contribution in [3.05, 3.63) is 11.4 Å². The highest BCUT2D eigenvalue weighted by Crippen LogP contribution is 2.16. The van der Waals surface area contributed by atoms with E-state index >= 15 is 0 Å². The Balaban J connectivity index is 2.54. The van der Waals surface area contributed by atoms with Crippen molar-refractivity contribution in [3.8, 4) is 0 Å². The molecule has 8 heteroatoms. The van der Waals surface area contributed by atoms with Crippen LogP contribution in [0.1, 0.15) is 31.2 Å². The lowest BCUT2D eigenvalue weighted by molar-refractivity contribution is 0.133. The minimum absolute atomic E-state index is 0.0835. The molecule has 0 aliphatic heterocycles. The summed E-state index contributed by atoms with van der Waals surface area (Å²) in [4.78, 5) is 0.157. The van der Waals surface area contributed by atoms with Gasteiger partial charge in [0.15, 0.2) is 0 Å². The van der Waals surface area contributed by atoms with Crippen LogP contribution >= 0.6 is 0 Å². The molecule has 0 fully saturated rings. The molecule has 4 N–H and O–H groups in total. The number of nitrogens with zero attached hydrogens (tertiary/aromatic N) is 1. The first-order valence-corrected chi connectivity index (χ1v) is 7.82. The van der Waals surface area contributed by atoms with Crippen LogP contribution in [0.15, 0.2) is 4.90 Å². The maximum Gasteiger partial charge on any atom is 0.244 e. The third-order valence-corrected chi connectivity index (χ3v) is 4.19. The summed E-state index contributed by atoms with van der Waals surface area (Å²) in [5.74, 6) is 0. The van der Waals surface area contributed by atoms with Gasteiger partial charge in [-0.05, 0) is 19.8 Å². The molecule has 1 rings (SSSR count). The Labute approximate surface area is 114 Å². The highest BCUT2D eigenvalue weighted by molar-refractivity contribution is 7.89. The summed E-state index contributed by atoms with van der Waals surface area (Å²) in [5, 5.41) is 6.51. The van der Waals surface area contributed by atoms with E-state index in [9.17, 15) is 8.42 Å². The van der Waals surface area contributed by atoms with Gasteiger partial charge >= 0.3 is 0 Å². The summed E-state index contributed by atoms with van der Waals surface area (Å²) in [6.07, 6.45) is 1.59. The zero-order valence-corrected chi connectivity index (χ0v) is 12.2. The van der Waals surface area contributed by atoms with Crippen LogP contribution in [0.4, 0.5) is 0 Å². The van der Waals surface area contributed by atoms with Crippen molar-refractivity contribution in [2.24, 2.45) is 5.73 Å². The van der Waals surface area contributed by atoms with Crippen LogP contribution in [0.25, 0.3) is 0 Å². The predicted octanol–water partition coefficient (Wildman–Crippen LogP) is 0.272. The summed E-state index contributed by atoms with van der Waals surface area (Å²) in [6.45, 7) is 5.35. The minimum atomic E-state index is -3.56. The molecule has 0 aromatic carbocycles. The third-order valence-electron chi connectivity index (χ3n) is 2.53. The Hall–Kier alpha value is -0.960. The first kappa shape index (κ1) is 16.1. The smallest absolute Gasteiger partial charge is 0.244 e. The Kier molecular flexibility index (Phi) is 6.43. The Bertz CT molecular complexity index is 484. The van der Waals surface area contributed by atoms with Crippen molar-refractivity contribution >= 4 is 10.0 Å². The average molecular weight is 290 g/mol. The molecule has 0 radical (unpaired) electrons. The number of H-pyrrole nitrogens is 1. The fourth-order valence-corrected chi connectivity index (χ4v) is 3.11. The second-order valence-electron chi connectivity index (χ2n) is 4.19. The molecular formula is C11H22N4O3S. The monoisotopic (exact) mass is 290 g/mol. The maximum atomic E-state index is 12.1. The van der Waals surface area contributed by atoms with Gasteiger partial charge in [0, 0.05) is 26.3 Å². The van der Waals surface area contributed by atoms with E-state index in [-0.39, 0.29) is 11.4 Å². The summed E-state index contributed by atoms with van der Waals surface area (Å²) >= 11 is 0. The molecule has 0 saturated carbocycles. The van der Waals surface area contributed by atoms with E-state index in [0.717, 1.165) is 6.42 Å². The lowest BCUT2D eigenvalue weighted by Crippen LogP contribution is -2.27. The standard InChI is InChI=1S/C11H22N4O3S/c1-3-6-18-7-4-5-13-19(16,17)11-9(2)14-15-10(11)8-12/h13H,3-8,12H2,1-2H3,(H,14,15). The Morgan fingerprint density at radius 3 is 2.79 bits per heavy atom. The van der Waals surface area contributed by atoms with Crippen LogP contribution in [0, 0.1) is 6.92 Å². The molecule has 0 bridgehead atoms. The molecule has 0 atom stereocenters. The molecule has 0 spiro atoms. The van der Waals surface area contributed by atoms with Crippen molar-refractivity contribution in [2.45, 2.75) is 38.1 Å². The quantitative estimate of drug-likeness (QED) is 0.565. The fraction of sp³-hybridized carbons (Fsp3) is 0.727. The molecule has 0 unspecified atom stereocenters. The lowest BCUT2D eigenvalue weighted by Gasteiger charge is -2.07. The lowest BCUT2D eigenvalue weighted by atomic mass is 10.4. The van der Waals surface area contributed by atoms with Crippen LogP contribution in [0.5, 0.6) is 0 Å². The van der Waals surface area contributed by atoms with E-state index < -0.39 is 10.0 Å². The van der Waals surface area contributed by atoms with Gasteiger partial charge in [-0.15, -0.1) is 0 Å². The van der Waals surface area contributed by atoms with Crippen LogP contribution in [-0.2, 0) is 21.3 Å². The number of aromatic amines is 1. The summed E-state index contributed by atoms with van der Waals surface area (Å²) in [6, 6.07) is 0. The molecule has 1 heterocycles. The van der Waals surface area contributed by atoms with E-state index in [2.05, 4.69) is 14.9 Å². The van der Waals surface area contributed by atoms with Gasteiger partial charge in [0.25, 0.3) is 0 Å². The maximum absolute atomic E-state index is 12.1. The van der Waals surface area contributed by atoms with E-state index in [0.29, 0.717) is 37.6 Å². The minimum Gasteiger partial charge on any atom is -0.381 e. The van der Waals surface area contributed by atoms with Gasteiger partial charge in [0.1, 0.15) is 4.90 Å². The second-order valence-corrected chi connectivity index (χ2v) is 5.90. The van der Waals surface area contributed by atoms with Crippen LogP contribution in [-0.4, -0.2) is 38.4 Å². The highest BCUT2D eigenvalue weighted by atomic mass is 32.2. The van der Waals surface area contributed by atoms with E-state index in [1.807, 2.05) is 6.92 Å². The first-order chi connectivity index (χ1) is 9.03. The van der Waals surface area contributed by atoms with Gasteiger partial charge in [-0.1, -0.05) is 6.92 Å². The molecule has 19 heavy (non-hydrogen) atoms. The Morgan fingerprint density at radius 2 is 2.16 bits per heavy atom. The van der Waals surface area contributed by atoms with Crippen LogP contribution < -0.4 is 10.5 Å². The topological polar surface area (TPSA) is 110 Å². The van der Waals surface area contributed by atoms with Crippen molar-refractivity contribution < 1.29 is 13.2 Å². The van der Waals surface area contributed by atoms with Gasteiger partial charge in [-0.3, -0.25) is 5.10 Å². The molecule has 1 aromatic rings. The zero-order chi connectivity index (χ0) is 14.3. The largest absolute Gasteiger partial charge is 0.381 e. The Morgan fingerprint density at radius 1 is 1.42 bits per heavy atom. The molecule has 0 amide bonds. The molecule has 110 valence electrons. The van der Waals surface area contributed by atoms with Crippen molar-refractivity contribution in [1.82, 2.24) is 14.9 Å². The summed E-state index contributed by atoms with van der Waals surface area (Å²) in [7, 11) is -3.56. The summed E-state index contributed by atoms with van der Waals surface area (Å²) < 4.78 is 32.0. The molecule has 7 nitrogen and oxygen atoms in total. The average Bonchev–Trinajstić information content (AvgIpc) is 2.75. The zero-order valence-electron chi connectivity index (χ0n) is 11.4. The number of hydrogen-bond acceptors (Lipinski definition) is 5. The van der Waals surface area contributed by atoms with E-state index in [4.69, 9.17) is 10.5 Å². The number of nitrogens with two attached hydrogens (primary N) is 1. The van der Waals surface area contributed by atoms with Crippen molar-refractivity contribution in [2.75, 3.05) is 19.8 Å². The van der Waals surface area contributed by atoms with Crippen LogP contribution in [0.2, 0.25) is 0 Å². The summed E-state index contributed by atoms with van der Waals surface area (Å²) in [5.41, 5.74) is 6.33. The van der Waals surface area contributed by atoms with Crippen molar-refractivity contribution in [1.29, 1.82) is 0 Å². The molecule has 0 saturated heterocycles. The second kappa shape index (κ2) is 7.59. The van der Waals surface area contributed by atoms with Gasteiger partial charge in [-0.25, -0.2) is 13.1 Å². The number of rotatable bonds is 9. The normalized spacial score (nSPS) is 11.9. The van der Waals surface area contributed by atoms with Gasteiger partial charge < -0.3 is 10.5 Å². The van der Waals surface area contributed by atoms with E-state index in [1.54, 1.807) is 6.92 Å². The van der Waals surface area contributed by atoms with Gasteiger partial charge in [0.05, 0.1) is 11.4 Å². The predicted molar refractivity (Wildman–Crippen MR) is 72.1 cm³/mol. The van der Waals surface area contributed by atoms with Crippen LogP contribution in [0.3, 0.4) is 0 Å². The first-order valence-electron chi connectivity index (χ1n) is 6.34. The highest BCUT2D eigenvalue weighted by Gasteiger charge is 2.22. The molecule has 1 aromatic heterocycles. The fourth-order valence-electron chi connectivity index (χ4n) is 1.66. The van der Waals surface area contributed by atoms with Gasteiger partial charge in [-0.2, -0.15) is 5.10 Å². The number of ether oxygens (including phenoxy) is 1. The number of sulfonamides is 1. The SMILES string of the molecule is CCCOCCCNS(=O)(=O)c1c(CN)n[nH]c1C. The molecular weight excluding hydrogens is 268 g/mol. The van der Waals surface area contributed by atoms with Crippen molar-refractivity contribution in [3.63, 3.8) is 0 Å². The third kappa shape index (κ3) is 4.57. The van der Waals surface area contributed by atoms with Gasteiger partial charge in [0.2, 0.25) is 10.0 Å².